The maximum absolute atomic E-state index is 12.6. The van der Waals surface area contributed by atoms with Gasteiger partial charge in [-0.15, -0.1) is 0 Å². The number of hydrogen-bond donors (Lipinski definition) is 2. The van der Waals surface area contributed by atoms with Gasteiger partial charge in [0.15, 0.2) is 4.77 Å². The molecule has 2 aromatic rings. The number of carbonyl (C=O) groups excluding carboxylic acids is 1. The number of carbonyl (C=O) groups is 1. The molecule has 1 aliphatic rings. The molecule has 8 nitrogen and oxygen atoms in total. The van der Waals surface area contributed by atoms with Crippen molar-refractivity contribution < 1.29 is 9.53 Å². The van der Waals surface area contributed by atoms with Gasteiger partial charge in [0.2, 0.25) is 0 Å². The van der Waals surface area contributed by atoms with E-state index in [2.05, 4.69) is 27.0 Å². The highest BCUT2D eigenvalue weighted by molar-refractivity contribution is 7.71. The summed E-state index contributed by atoms with van der Waals surface area (Å²) in [4.78, 5) is 12.6. The molecule has 160 valence electrons. The molecule has 1 aliphatic carbocycles. The number of nitrogens with one attached hydrogen (secondary N) is 2. The summed E-state index contributed by atoms with van der Waals surface area (Å²) < 4.78 is 10.1. The zero-order valence-electron chi connectivity index (χ0n) is 17.9. The molecule has 1 unspecified atom stereocenters. The van der Waals surface area contributed by atoms with Gasteiger partial charge in [-0.25, -0.2) is 0 Å². The van der Waals surface area contributed by atoms with Crippen LogP contribution in [0.1, 0.15) is 54.6 Å². The number of methoxy groups -OCH3 is 1. The van der Waals surface area contributed by atoms with Crippen LogP contribution in [0.4, 0.5) is 0 Å². The lowest BCUT2D eigenvalue weighted by Crippen LogP contribution is -2.27. The molecule has 2 heterocycles. The molecule has 1 amide bonds. The highest BCUT2D eigenvalue weighted by Gasteiger charge is 2.27. The summed E-state index contributed by atoms with van der Waals surface area (Å²) >= 11 is 5.28. The zero-order chi connectivity index (χ0) is 21.8. The quantitative estimate of drug-likeness (QED) is 0.363. The van der Waals surface area contributed by atoms with Crippen LogP contribution in [0, 0.1) is 29.9 Å². The van der Waals surface area contributed by atoms with E-state index in [1.54, 1.807) is 13.2 Å². The second-order valence-electron chi connectivity index (χ2n) is 7.72. The Morgan fingerprint density at radius 3 is 2.90 bits per heavy atom. The minimum Gasteiger partial charge on any atom is -0.383 e. The molecule has 0 aromatic carbocycles. The van der Waals surface area contributed by atoms with E-state index in [0.717, 1.165) is 35.6 Å². The van der Waals surface area contributed by atoms with Crippen LogP contribution in [-0.2, 0) is 16.0 Å². The van der Waals surface area contributed by atoms with Gasteiger partial charge in [0, 0.05) is 37.5 Å². The van der Waals surface area contributed by atoms with Crippen LogP contribution < -0.4 is 5.32 Å². The Morgan fingerprint density at radius 2 is 2.27 bits per heavy atom. The van der Waals surface area contributed by atoms with Crippen LogP contribution >= 0.6 is 12.2 Å². The van der Waals surface area contributed by atoms with Gasteiger partial charge in [0.05, 0.1) is 12.6 Å². The lowest BCUT2D eigenvalue weighted by atomic mass is 10.1. The molecular formula is C21H28N6O2S. The third-order valence-electron chi connectivity index (χ3n) is 5.36. The third kappa shape index (κ3) is 4.71. The van der Waals surface area contributed by atoms with Crippen molar-refractivity contribution in [3.05, 3.63) is 39.2 Å². The molecule has 2 aromatic heterocycles. The Bertz CT molecular complexity index is 1050. The first-order valence-electron chi connectivity index (χ1n) is 10.1. The van der Waals surface area contributed by atoms with Gasteiger partial charge in [-0.3, -0.25) is 9.89 Å². The van der Waals surface area contributed by atoms with Crippen LogP contribution in [0.25, 0.3) is 6.08 Å². The van der Waals surface area contributed by atoms with Crippen LogP contribution in [0.2, 0.25) is 0 Å². The second kappa shape index (κ2) is 9.41. The second-order valence-corrected chi connectivity index (χ2v) is 8.11. The van der Waals surface area contributed by atoms with Crippen molar-refractivity contribution in [2.24, 2.45) is 0 Å². The number of ether oxygens (including phenoxy) is 1. The molecule has 1 fully saturated rings. The number of nitriles is 1. The summed E-state index contributed by atoms with van der Waals surface area (Å²) in [5.41, 5.74) is 2.99. The molecule has 9 heteroatoms. The van der Waals surface area contributed by atoms with E-state index in [4.69, 9.17) is 17.0 Å². The van der Waals surface area contributed by atoms with Crippen LogP contribution in [-0.4, -0.2) is 45.5 Å². The normalized spacial score (nSPS) is 15.1. The fourth-order valence-corrected chi connectivity index (χ4v) is 4.15. The van der Waals surface area contributed by atoms with Gasteiger partial charge in [-0.2, -0.15) is 10.4 Å². The van der Waals surface area contributed by atoms with Crippen molar-refractivity contribution in [2.75, 3.05) is 20.3 Å². The minimum absolute atomic E-state index is 0.0794. The summed E-state index contributed by atoms with van der Waals surface area (Å²) in [7, 11) is 1.67. The fourth-order valence-electron chi connectivity index (χ4n) is 3.85. The number of aromatic nitrogens is 4. The average molecular weight is 429 g/mol. The monoisotopic (exact) mass is 428 g/mol. The van der Waals surface area contributed by atoms with Gasteiger partial charge >= 0.3 is 0 Å². The topological polar surface area (TPSA) is 101 Å². The highest BCUT2D eigenvalue weighted by atomic mass is 32.1. The van der Waals surface area contributed by atoms with E-state index in [9.17, 15) is 10.1 Å². The third-order valence-corrected chi connectivity index (χ3v) is 5.65. The SMILES string of the molecule is COCC(C)n1c(C)cc(C=C(C#N)C(=O)NCCc2n[nH]c(=S)n2C2CC2)c1C. The molecule has 1 saturated carbocycles. The molecule has 1 atom stereocenters. The first-order valence-corrected chi connectivity index (χ1v) is 10.5. The zero-order valence-corrected chi connectivity index (χ0v) is 18.7. The average Bonchev–Trinajstić information content (AvgIpc) is 3.41. The number of aromatic amines is 1. The fraction of sp³-hybridized carbons (Fsp3) is 0.524. The Balaban J connectivity index is 1.68. The Kier molecular flexibility index (Phi) is 6.90. The Labute approximate surface area is 181 Å². The Morgan fingerprint density at radius 1 is 1.53 bits per heavy atom. The van der Waals surface area contributed by atoms with Gasteiger partial charge < -0.3 is 19.2 Å². The van der Waals surface area contributed by atoms with Crippen molar-refractivity contribution in [3.8, 4) is 6.07 Å². The first kappa shape index (κ1) is 22.0. The number of amides is 1. The largest absolute Gasteiger partial charge is 0.383 e. The van der Waals surface area contributed by atoms with Gasteiger partial charge in [-0.05, 0) is 63.5 Å². The molecule has 3 rings (SSSR count). The van der Waals surface area contributed by atoms with E-state index in [0.29, 0.717) is 30.4 Å². The van der Waals surface area contributed by atoms with Crippen molar-refractivity contribution in [2.45, 2.75) is 52.1 Å². The molecule has 0 radical (unpaired) electrons. The molecule has 0 spiro atoms. The maximum atomic E-state index is 12.6. The summed E-state index contributed by atoms with van der Waals surface area (Å²) in [5, 5.41) is 19.4. The van der Waals surface area contributed by atoms with E-state index in [1.807, 2.05) is 30.6 Å². The number of aryl methyl sites for hydroxylation is 1. The Hall–Kier alpha value is -2.70. The predicted octanol–water partition coefficient (Wildman–Crippen LogP) is 3.17. The maximum Gasteiger partial charge on any atom is 0.261 e. The van der Waals surface area contributed by atoms with Crippen LogP contribution in [0.5, 0.6) is 0 Å². The summed E-state index contributed by atoms with van der Waals surface area (Å²) in [5.74, 6) is 0.445. The molecule has 2 N–H and O–H groups in total. The minimum atomic E-state index is -0.389. The standard InChI is InChI=1S/C21H28N6O2S/c1-13-9-16(15(3)26(13)14(2)12-29-4)10-17(11-22)20(28)23-8-7-19-24-25-21(30)27(19)18-5-6-18/h9-10,14,18H,5-8,12H2,1-4H3,(H,23,28)(H,25,30). The number of H-pyrrole nitrogens is 1. The van der Waals surface area contributed by atoms with Crippen molar-refractivity contribution in [1.29, 1.82) is 5.26 Å². The van der Waals surface area contributed by atoms with Crippen LogP contribution in [0.3, 0.4) is 0 Å². The van der Waals surface area contributed by atoms with Crippen molar-refractivity contribution in [1.82, 2.24) is 24.6 Å². The molecular weight excluding hydrogens is 400 g/mol. The lowest BCUT2D eigenvalue weighted by Gasteiger charge is -2.17. The first-order chi connectivity index (χ1) is 14.4. The summed E-state index contributed by atoms with van der Waals surface area (Å²) in [6.07, 6.45) is 4.41. The highest BCUT2D eigenvalue weighted by Crippen LogP contribution is 2.35. The number of hydrogen-bond acceptors (Lipinski definition) is 5. The number of rotatable bonds is 9. The van der Waals surface area contributed by atoms with Crippen molar-refractivity contribution in [3.63, 3.8) is 0 Å². The number of nitrogens with zero attached hydrogens (tertiary/aromatic N) is 4. The van der Waals surface area contributed by atoms with Gasteiger partial charge in [0.25, 0.3) is 5.91 Å². The van der Waals surface area contributed by atoms with E-state index in [1.165, 1.54) is 0 Å². The van der Waals surface area contributed by atoms with Gasteiger partial charge in [-0.1, -0.05) is 0 Å². The van der Waals surface area contributed by atoms with E-state index < -0.39 is 0 Å². The van der Waals surface area contributed by atoms with Crippen LogP contribution in [0.15, 0.2) is 11.6 Å². The van der Waals surface area contributed by atoms with E-state index in [-0.39, 0.29) is 17.5 Å². The summed E-state index contributed by atoms with van der Waals surface area (Å²) in [6, 6.07) is 4.60. The molecule has 30 heavy (non-hydrogen) atoms. The van der Waals surface area contributed by atoms with Gasteiger partial charge in [0.1, 0.15) is 17.5 Å². The molecule has 0 bridgehead atoms. The predicted molar refractivity (Wildman–Crippen MR) is 116 cm³/mol. The molecule has 0 aliphatic heterocycles. The van der Waals surface area contributed by atoms with E-state index >= 15 is 0 Å². The van der Waals surface area contributed by atoms with Crippen molar-refractivity contribution >= 4 is 24.2 Å². The molecule has 0 saturated heterocycles. The summed E-state index contributed by atoms with van der Waals surface area (Å²) in [6.45, 7) is 7.04. The lowest BCUT2D eigenvalue weighted by molar-refractivity contribution is -0.117. The smallest absolute Gasteiger partial charge is 0.261 e.